The van der Waals surface area contributed by atoms with E-state index in [2.05, 4.69) is 10.3 Å². The number of urea groups is 1. The number of aromatic nitrogens is 1. The van der Waals surface area contributed by atoms with Gasteiger partial charge in [-0.05, 0) is 25.5 Å². The van der Waals surface area contributed by atoms with E-state index in [0.29, 0.717) is 11.1 Å². The lowest BCUT2D eigenvalue weighted by molar-refractivity contribution is -0.130. The van der Waals surface area contributed by atoms with Gasteiger partial charge in [-0.15, -0.1) is 0 Å². The molecule has 0 unspecified atom stereocenters. The van der Waals surface area contributed by atoms with E-state index in [1.807, 2.05) is 55.5 Å². The number of hydrogen-bond acceptors (Lipinski definition) is 3. The molecule has 2 aromatic carbocycles. The maximum Gasteiger partial charge on any atom is 0.325 e. The van der Waals surface area contributed by atoms with Gasteiger partial charge in [0.1, 0.15) is 5.54 Å². The zero-order valence-corrected chi connectivity index (χ0v) is 15.1. The SMILES string of the molecule is Cc1ccc([C@@]2(C)NC(=O)N(CC(=O)c3c[nH]c4ccccc34)C2=O)cc1. The van der Waals surface area contributed by atoms with Crippen molar-refractivity contribution in [1.29, 1.82) is 0 Å². The number of amides is 3. The van der Waals surface area contributed by atoms with Crippen LogP contribution in [0.5, 0.6) is 0 Å². The Kier molecular flexibility index (Phi) is 3.84. The monoisotopic (exact) mass is 361 g/mol. The Morgan fingerprint density at radius 3 is 2.52 bits per heavy atom. The molecule has 0 bridgehead atoms. The third-order valence-corrected chi connectivity index (χ3v) is 5.10. The first-order valence-electron chi connectivity index (χ1n) is 8.71. The summed E-state index contributed by atoms with van der Waals surface area (Å²) in [6, 6.07) is 14.3. The van der Waals surface area contributed by atoms with Crippen molar-refractivity contribution in [2.45, 2.75) is 19.4 Å². The zero-order chi connectivity index (χ0) is 19.2. The van der Waals surface area contributed by atoms with E-state index in [-0.39, 0.29) is 12.3 Å². The normalized spacial score (nSPS) is 19.6. The molecule has 1 saturated heterocycles. The maximum absolute atomic E-state index is 13.0. The summed E-state index contributed by atoms with van der Waals surface area (Å²) in [6.07, 6.45) is 1.62. The number of H-pyrrole nitrogens is 1. The van der Waals surface area contributed by atoms with Gasteiger partial charge >= 0.3 is 6.03 Å². The van der Waals surface area contributed by atoms with Crippen LogP contribution >= 0.6 is 0 Å². The molecule has 1 aromatic heterocycles. The first-order valence-corrected chi connectivity index (χ1v) is 8.71. The fourth-order valence-corrected chi connectivity index (χ4v) is 3.45. The Bertz CT molecular complexity index is 1070. The van der Waals surface area contributed by atoms with Crippen LogP contribution in [0.15, 0.2) is 54.7 Å². The van der Waals surface area contributed by atoms with Gasteiger partial charge in [-0.1, -0.05) is 48.0 Å². The van der Waals surface area contributed by atoms with Gasteiger partial charge in [0, 0.05) is 22.7 Å². The molecule has 136 valence electrons. The van der Waals surface area contributed by atoms with Gasteiger partial charge in [0.25, 0.3) is 5.91 Å². The first-order chi connectivity index (χ1) is 12.9. The van der Waals surface area contributed by atoms with Gasteiger partial charge < -0.3 is 10.3 Å². The fraction of sp³-hybridized carbons (Fsp3) is 0.190. The second kappa shape index (κ2) is 6.09. The predicted molar refractivity (Wildman–Crippen MR) is 101 cm³/mol. The van der Waals surface area contributed by atoms with E-state index in [4.69, 9.17) is 0 Å². The molecule has 2 heterocycles. The lowest BCUT2D eigenvalue weighted by Crippen LogP contribution is -2.41. The van der Waals surface area contributed by atoms with E-state index in [0.717, 1.165) is 21.4 Å². The van der Waals surface area contributed by atoms with Crippen LogP contribution in [0, 0.1) is 6.92 Å². The number of nitrogens with zero attached hydrogens (tertiary/aromatic N) is 1. The van der Waals surface area contributed by atoms with Crippen LogP contribution in [0.25, 0.3) is 10.9 Å². The van der Waals surface area contributed by atoms with Crippen LogP contribution < -0.4 is 5.32 Å². The predicted octanol–water partition coefficient (Wildman–Crippen LogP) is 3.13. The smallest absolute Gasteiger partial charge is 0.325 e. The van der Waals surface area contributed by atoms with E-state index < -0.39 is 17.5 Å². The highest BCUT2D eigenvalue weighted by atomic mass is 16.2. The van der Waals surface area contributed by atoms with Crippen molar-refractivity contribution >= 4 is 28.6 Å². The number of Topliss-reactive ketones (excluding diaryl/α,β-unsaturated/α-hetero) is 1. The van der Waals surface area contributed by atoms with Crippen LogP contribution in [0.4, 0.5) is 4.79 Å². The average Bonchev–Trinajstić information content (AvgIpc) is 3.18. The molecule has 0 saturated carbocycles. The third-order valence-electron chi connectivity index (χ3n) is 5.10. The molecule has 4 rings (SSSR count). The van der Waals surface area contributed by atoms with Crippen molar-refractivity contribution < 1.29 is 14.4 Å². The third kappa shape index (κ3) is 2.70. The molecule has 0 spiro atoms. The van der Waals surface area contributed by atoms with E-state index in [1.165, 1.54) is 0 Å². The standard InChI is InChI=1S/C21H19N3O3/c1-13-7-9-14(10-8-13)21(2)19(26)24(20(27)23-21)12-18(25)16-11-22-17-6-4-3-5-15(16)17/h3-11,22H,12H2,1-2H3,(H,23,27)/t21-/m1/s1. The summed E-state index contributed by atoms with van der Waals surface area (Å²) in [4.78, 5) is 42.2. The summed E-state index contributed by atoms with van der Waals surface area (Å²) in [5.41, 5.74) is 1.88. The van der Waals surface area contributed by atoms with Gasteiger partial charge in [0.15, 0.2) is 5.78 Å². The molecule has 0 aliphatic carbocycles. The lowest BCUT2D eigenvalue weighted by Gasteiger charge is -2.22. The molecular weight excluding hydrogens is 342 g/mol. The Hall–Kier alpha value is -3.41. The van der Waals surface area contributed by atoms with Crippen LogP contribution in [0.3, 0.4) is 0 Å². The highest BCUT2D eigenvalue weighted by Crippen LogP contribution is 2.29. The fourth-order valence-electron chi connectivity index (χ4n) is 3.45. The molecule has 27 heavy (non-hydrogen) atoms. The molecule has 6 nitrogen and oxygen atoms in total. The van der Waals surface area contributed by atoms with Crippen molar-refractivity contribution in [3.05, 3.63) is 71.4 Å². The minimum Gasteiger partial charge on any atom is -0.360 e. The number of aryl methyl sites for hydroxylation is 1. The number of aromatic amines is 1. The Morgan fingerprint density at radius 1 is 1.07 bits per heavy atom. The zero-order valence-electron chi connectivity index (χ0n) is 15.1. The summed E-state index contributed by atoms with van der Waals surface area (Å²) >= 11 is 0. The number of nitrogens with one attached hydrogen (secondary N) is 2. The van der Waals surface area contributed by atoms with E-state index in [1.54, 1.807) is 13.1 Å². The molecule has 6 heteroatoms. The van der Waals surface area contributed by atoms with Crippen molar-refractivity contribution in [2.75, 3.05) is 6.54 Å². The highest BCUT2D eigenvalue weighted by molar-refractivity contribution is 6.14. The molecule has 1 aliphatic rings. The Morgan fingerprint density at radius 2 is 1.78 bits per heavy atom. The molecule has 2 N–H and O–H groups in total. The van der Waals surface area contributed by atoms with Gasteiger partial charge in [-0.25, -0.2) is 4.79 Å². The van der Waals surface area contributed by atoms with Crippen molar-refractivity contribution in [3.8, 4) is 0 Å². The first kappa shape index (κ1) is 17.0. The largest absolute Gasteiger partial charge is 0.360 e. The molecular formula is C21H19N3O3. The summed E-state index contributed by atoms with van der Waals surface area (Å²) in [5.74, 6) is -0.714. The summed E-state index contributed by atoms with van der Waals surface area (Å²) < 4.78 is 0. The minimum absolute atomic E-state index is 0.288. The van der Waals surface area contributed by atoms with Gasteiger partial charge in [0.2, 0.25) is 0 Å². The number of rotatable bonds is 4. The Balaban J connectivity index is 1.61. The molecule has 1 aliphatic heterocycles. The number of imide groups is 1. The summed E-state index contributed by atoms with van der Waals surface area (Å²) in [7, 11) is 0. The molecule has 0 radical (unpaired) electrons. The number of para-hydroxylation sites is 1. The van der Waals surface area contributed by atoms with E-state index >= 15 is 0 Å². The minimum atomic E-state index is -1.18. The molecule has 3 amide bonds. The Labute approximate surface area is 156 Å². The van der Waals surface area contributed by atoms with Crippen molar-refractivity contribution in [3.63, 3.8) is 0 Å². The average molecular weight is 361 g/mol. The number of hydrogen-bond donors (Lipinski definition) is 2. The number of benzene rings is 2. The quantitative estimate of drug-likeness (QED) is 0.553. The van der Waals surface area contributed by atoms with Gasteiger partial charge in [-0.2, -0.15) is 0 Å². The van der Waals surface area contributed by atoms with Crippen LogP contribution in [-0.2, 0) is 10.3 Å². The maximum atomic E-state index is 13.0. The summed E-state index contributed by atoms with van der Waals surface area (Å²) in [5, 5.41) is 3.51. The number of ketones is 1. The topological polar surface area (TPSA) is 82.3 Å². The molecule has 1 fully saturated rings. The van der Waals surface area contributed by atoms with Crippen LogP contribution in [0.1, 0.15) is 28.4 Å². The molecule has 1 atom stereocenters. The van der Waals surface area contributed by atoms with Gasteiger partial charge in [-0.3, -0.25) is 14.5 Å². The number of carbonyl (C=O) groups is 3. The van der Waals surface area contributed by atoms with E-state index in [9.17, 15) is 14.4 Å². The second-order valence-corrected chi connectivity index (χ2v) is 6.98. The lowest BCUT2D eigenvalue weighted by atomic mass is 9.91. The number of fused-ring (bicyclic) bond motifs is 1. The second-order valence-electron chi connectivity index (χ2n) is 6.98. The van der Waals surface area contributed by atoms with Crippen molar-refractivity contribution in [2.24, 2.45) is 0 Å². The van der Waals surface area contributed by atoms with Crippen molar-refractivity contribution in [1.82, 2.24) is 15.2 Å². The van der Waals surface area contributed by atoms with Gasteiger partial charge in [0.05, 0.1) is 6.54 Å². The number of carbonyl (C=O) groups excluding carboxylic acids is 3. The van der Waals surface area contributed by atoms with Crippen LogP contribution in [-0.4, -0.2) is 34.2 Å². The summed E-state index contributed by atoms with van der Waals surface area (Å²) in [6.45, 7) is 3.31. The molecule has 3 aromatic rings. The highest BCUT2D eigenvalue weighted by Gasteiger charge is 2.49. The van der Waals surface area contributed by atoms with Crippen LogP contribution in [0.2, 0.25) is 0 Å².